The van der Waals surface area contributed by atoms with Crippen LogP contribution in [0.25, 0.3) is 11.4 Å². The van der Waals surface area contributed by atoms with Crippen LogP contribution in [0.15, 0.2) is 34.8 Å². The molecule has 0 aliphatic heterocycles. The maximum absolute atomic E-state index is 13.7. The predicted octanol–water partition coefficient (Wildman–Crippen LogP) is 5.33. The van der Waals surface area contributed by atoms with E-state index in [1.54, 1.807) is 23.5 Å². The monoisotopic (exact) mass is 418 g/mol. The molecule has 2 aromatic heterocycles. The van der Waals surface area contributed by atoms with Gasteiger partial charge in [-0.3, -0.25) is 9.36 Å². The van der Waals surface area contributed by atoms with E-state index in [-0.39, 0.29) is 23.4 Å². The zero-order valence-corrected chi connectivity index (χ0v) is 18.0. The maximum atomic E-state index is 13.7. The lowest BCUT2D eigenvalue weighted by Crippen LogP contribution is -2.16. The highest BCUT2D eigenvalue weighted by Gasteiger charge is 2.21. The molecule has 0 bridgehead atoms. The minimum atomic E-state index is -0.451. The Morgan fingerprint density at radius 2 is 2.07 bits per heavy atom. The van der Waals surface area contributed by atoms with Crippen molar-refractivity contribution in [2.75, 3.05) is 11.1 Å². The molecule has 1 aromatic carbocycles. The van der Waals surface area contributed by atoms with Gasteiger partial charge in [0.2, 0.25) is 5.91 Å². The van der Waals surface area contributed by atoms with Crippen molar-refractivity contribution in [3.63, 3.8) is 0 Å². The number of para-hydroxylation sites is 1. The summed E-state index contributed by atoms with van der Waals surface area (Å²) in [6.45, 7) is 8.39. The Balaban J connectivity index is 1.78. The van der Waals surface area contributed by atoms with Gasteiger partial charge in [0, 0.05) is 21.9 Å². The van der Waals surface area contributed by atoms with E-state index in [1.807, 2.05) is 0 Å². The molecule has 0 fully saturated rings. The second-order valence-electron chi connectivity index (χ2n) is 6.62. The Morgan fingerprint density at radius 3 is 2.75 bits per heavy atom. The first-order valence-electron chi connectivity index (χ1n) is 9.11. The number of thiophene rings is 1. The number of carbonyl (C=O) groups is 1. The number of thioether (sulfide) groups is 1. The summed E-state index contributed by atoms with van der Waals surface area (Å²) in [6, 6.07) is 6.27. The Morgan fingerprint density at radius 1 is 1.32 bits per heavy atom. The van der Waals surface area contributed by atoms with Gasteiger partial charge >= 0.3 is 0 Å². The molecule has 0 radical (unpaired) electrons. The van der Waals surface area contributed by atoms with Gasteiger partial charge in [-0.25, -0.2) is 4.39 Å². The lowest BCUT2D eigenvalue weighted by molar-refractivity contribution is -0.113. The molecule has 0 saturated heterocycles. The van der Waals surface area contributed by atoms with Gasteiger partial charge in [-0.1, -0.05) is 30.8 Å². The third kappa shape index (κ3) is 4.28. The molecule has 2 heterocycles. The molecule has 0 aliphatic carbocycles. The molecule has 3 rings (SSSR count). The number of benzene rings is 1. The van der Waals surface area contributed by atoms with Crippen molar-refractivity contribution >= 4 is 34.7 Å². The summed E-state index contributed by atoms with van der Waals surface area (Å²) < 4.78 is 15.8. The second-order valence-corrected chi connectivity index (χ2v) is 8.65. The minimum absolute atomic E-state index is 0.127. The van der Waals surface area contributed by atoms with E-state index in [2.05, 4.69) is 53.2 Å². The smallest absolute Gasteiger partial charge is 0.234 e. The molecule has 1 amide bonds. The average molecular weight is 419 g/mol. The molecule has 5 nitrogen and oxygen atoms in total. The fourth-order valence-corrected chi connectivity index (χ4v) is 4.82. The third-order valence-corrected chi connectivity index (χ3v) is 6.26. The summed E-state index contributed by atoms with van der Waals surface area (Å²) in [7, 11) is 0. The summed E-state index contributed by atoms with van der Waals surface area (Å²) >= 11 is 3.02. The van der Waals surface area contributed by atoms with Crippen LogP contribution in [0.3, 0.4) is 0 Å². The minimum Gasteiger partial charge on any atom is -0.323 e. The number of anilines is 1. The van der Waals surface area contributed by atoms with Crippen molar-refractivity contribution in [1.82, 2.24) is 14.8 Å². The van der Waals surface area contributed by atoms with Crippen LogP contribution in [0.2, 0.25) is 0 Å². The van der Waals surface area contributed by atoms with E-state index < -0.39 is 5.82 Å². The van der Waals surface area contributed by atoms with Gasteiger partial charge in [0.1, 0.15) is 5.82 Å². The van der Waals surface area contributed by atoms with Gasteiger partial charge in [-0.05, 0) is 44.9 Å². The van der Waals surface area contributed by atoms with Crippen LogP contribution < -0.4 is 5.32 Å². The van der Waals surface area contributed by atoms with Crippen molar-refractivity contribution in [1.29, 1.82) is 0 Å². The standard InChI is InChI=1S/C20H23FN4OS2/c1-5-14-13(4)27-10-15(14)19-23-24-20(25(19)12(2)3)28-11-18(26)22-17-9-7-6-8-16(17)21/h6-10,12H,5,11H2,1-4H3,(H,22,26). The highest BCUT2D eigenvalue weighted by molar-refractivity contribution is 7.99. The van der Waals surface area contributed by atoms with Gasteiger partial charge in [-0.2, -0.15) is 0 Å². The molecule has 28 heavy (non-hydrogen) atoms. The predicted molar refractivity (Wildman–Crippen MR) is 114 cm³/mol. The molecule has 148 valence electrons. The topological polar surface area (TPSA) is 59.8 Å². The first kappa shape index (κ1) is 20.5. The highest BCUT2D eigenvalue weighted by Crippen LogP contribution is 2.34. The molecule has 1 N–H and O–H groups in total. The van der Waals surface area contributed by atoms with E-state index in [0.717, 1.165) is 17.8 Å². The van der Waals surface area contributed by atoms with Crippen LogP contribution in [0.1, 0.15) is 37.3 Å². The van der Waals surface area contributed by atoms with Gasteiger partial charge in [0.25, 0.3) is 0 Å². The molecule has 0 aliphatic rings. The summed E-state index contributed by atoms with van der Waals surface area (Å²) in [5.74, 6) is 0.222. The average Bonchev–Trinajstić information content (AvgIpc) is 3.24. The summed E-state index contributed by atoms with van der Waals surface area (Å²) in [5, 5.41) is 14.1. The molecule has 0 spiro atoms. The summed E-state index contributed by atoms with van der Waals surface area (Å²) in [6.07, 6.45) is 0.934. The normalized spacial score (nSPS) is 11.2. The first-order chi connectivity index (χ1) is 13.4. The van der Waals surface area contributed by atoms with Crippen LogP contribution in [-0.2, 0) is 11.2 Å². The SMILES string of the molecule is CCc1c(-c2nnc(SCC(=O)Nc3ccccc3F)n2C(C)C)csc1C. The van der Waals surface area contributed by atoms with Gasteiger partial charge < -0.3 is 5.32 Å². The van der Waals surface area contributed by atoms with Gasteiger partial charge in [0.05, 0.1) is 11.4 Å². The molecular formula is C20H23FN4OS2. The fourth-order valence-electron chi connectivity index (χ4n) is 3.01. The maximum Gasteiger partial charge on any atom is 0.234 e. The van der Waals surface area contributed by atoms with E-state index in [4.69, 9.17) is 0 Å². The zero-order valence-electron chi connectivity index (χ0n) is 16.3. The van der Waals surface area contributed by atoms with Crippen molar-refractivity contribution in [3.05, 3.63) is 45.9 Å². The van der Waals surface area contributed by atoms with E-state index in [0.29, 0.717) is 5.16 Å². The summed E-state index contributed by atoms with van der Waals surface area (Å²) in [5.41, 5.74) is 2.57. The molecule has 8 heteroatoms. The molecule has 0 atom stereocenters. The Kier molecular flexibility index (Phi) is 6.51. The van der Waals surface area contributed by atoms with E-state index >= 15 is 0 Å². The first-order valence-corrected chi connectivity index (χ1v) is 11.0. The van der Waals surface area contributed by atoms with Crippen molar-refractivity contribution < 1.29 is 9.18 Å². The lowest BCUT2D eigenvalue weighted by atomic mass is 10.1. The lowest BCUT2D eigenvalue weighted by Gasteiger charge is -2.14. The van der Waals surface area contributed by atoms with Crippen molar-refractivity contribution in [2.45, 2.75) is 45.3 Å². The van der Waals surface area contributed by atoms with Crippen LogP contribution in [0, 0.1) is 12.7 Å². The zero-order chi connectivity index (χ0) is 20.3. The van der Waals surface area contributed by atoms with Gasteiger partial charge in [0.15, 0.2) is 11.0 Å². The number of nitrogens with one attached hydrogen (secondary N) is 1. The highest BCUT2D eigenvalue weighted by atomic mass is 32.2. The van der Waals surface area contributed by atoms with E-state index in [9.17, 15) is 9.18 Å². The molecule has 0 unspecified atom stereocenters. The number of rotatable bonds is 7. The van der Waals surface area contributed by atoms with Crippen LogP contribution in [0.4, 0.5) is 10.1 Å². The number of hydrogen-bond acceptors (Lipinski definition) is 5. The van der Waals surface area contributed by atoms with Crippen LogP contribution in [-0.4, -0.2) is 26.4 Å². The van der Waals surface area contributed by atoms with Gasteiger partial charge in [-0.15, -0.1) is 21.5 Å². The quantitative estimate of drug-likeness (QED) is 0.527. The summed E-state index contributed by atoms with van der Waals surface area (Å²) in [4.78, 5) is 13.5. The molecule has 3 aromatic rings. The number of aryl methyl sites for hydroxylation is 1. The number of hydrogen-bond donors (Lipinski definition) is 1. The molecular weight excluding hydrogens is 395 g/mol. The number of halogens is 1. The fraction of sp³-hybridized carbons (Fsp3) is 0.350. The number of aromatic nitrogens is 3. The van der Waals surface area contributed by atoms with Crippen molar-refractivity contribution in [3.8, 4) is 11.4 Å². The number of carbonyl (C=O) groups excluding carboxylic acids is 1. The second kappa shape index (κ2) is 8.87. The Labute approximate surface area is 172 Å². The third-order valence-electron chi connectivity index (χ3n) is 4.36. The van der Waals surface area contributed by atoms with Crippen molar-refractivity contribution in [2.24, 2.45) is 0 Å². The van der Waals surface area contributed by atoms with Crippen LogP contribution in [0.5, 0.6) is 0 Å². The molecule has 0 saturated carbocycles. The Hall–Kier alpha value is -2.19. The Bertz CT molecular complexity index is 980. The largest absolute Gasteiger partial charge is 0.323 e. The number of amides is 1. The van der Waals surface area contributed by atoms with E-state index in [1.165, 1.54) is 34.3 Å². The van der Waals surface area contributed by atoms with Crippen LogP contribution >= 0.6 is 23.1 Å². The number of nitrogens with zero attached hydrogens (tertiary/aromatic N) is 3.